The van der Waals surface area contributed by atoms with E-state index >= 15 is 0 Å². The van der Waals surface area contributed by atoms with Crippen molar-refractivity contribution in [2.45, 2.75) is 12.8 Å². The summed E-state index contributed by atoms with van der Waals surface area (Å²) in [6, 6.07) is 5.09. The minimum atomic E-state index is -4.92. The van der Waals surface area contributed by atoms with Gasteiger partial charge in [0.15, 0.2) is 0 Å². The molecule has 1 aliphatic carbocycles. The third-order valence-electron chi connectivity index (χ3n) is 2.42. The van der Waals surface area contributed by atoms with E-state index in [1.165, 1.54) is 6.07 Å². The van der Waals surface area contributed by atoms with Gasteiger partial charge in [0, 0.05) is 0 Å². The summed E-state index contributed by atoms with van der Waals surface area (Å²) < 4.78 is 42.4. The largest absolute Gasteiger partial charge is 0.509 e. The van der Waals surface area contributed by atoms with Gasteiger partial charge in [-0.15, -0.1) is 5.46 Å². The van der Waals surface area contributed by atoms with Gasteiger partial charge in [0.2, 0.25) is 0 Å². The van der Waals surface area contributed by atoms with Crippen LogP contribution in [0.2, 0.25) is 0 Å². The maximum absolute atomic E-state index is 12.4. The van der Waals surface area contributed by atoms with Gasteiger partial charge in [-0.1, -0.05) is 12.1 Å². The molecule has 0 aromatic heterocycles. The van der Waals surface area contributed by atoms with E-state index in [4.69, 9.17) is 4.74 Å². The Labute approximate surface area is 86.3 Å². The molecule has 0 saturated heterocycles. The Hall–Kier alpha value is -1.13. The molecular formula is C10H11BF3O-. The first kappa shape index (κ1) is 10.4. The number of rotatable bonds is 4. The van der Waals surface area contributed by atoms with E-state index in [2.05, 4.69) is 0 Å². The SMILES string of the molecule is F[B-](F)(F)c1cccc(OCC2CC2)c1. The third kappa shape index (κ3) is 2.91. The van der Waals surface area contributed by atoms with Crippen LogP contribution in [-0.2, 0) is 0 Å². The highest BCUT2D eigenvalue weighted by Gasteiger charge is 2.26. The zero-order chi connectivity index (χ0) is 10.9. The molecule has 0 bridgehead atoms. The van der Waals surface area contributed by atoms with Crippen molar-refractivity contribution < 1.29 is 17.7 Å². The maximum atomic E-state index is 12.4. The second-order valence-corrected chi connectivity index (χ2v) is 3.90. The molecule has 1 saturated carbocycles. The molecule has 15 heavy (non-hydrogen) atoms. The van der Waals surface area contributed by atoms with Crippen molar-refractivity contribution in [3.8, 4) is 5.75 Å². The third-order valence-corrected chi connectivity index (χ3v) is 2.42. The van der Waals surface area contributed by atoms with E-state index in [9.17, 15) is 12.9 Å². The molecule has 1 aliphatic rings. The molecule has 1 nitrogen and oxygen atoms in total. The van der Waals surface area contributed by atoms with Gasteiger partial charge in [-0.25, -0.2) is 0 Å². The van der Waals surface area contributed by atoms with E-state index in [0.717, 1.165) is 25.0 Å². The Morgan fingerprint density at radius 2 is 2.00 bits per heavy atom. The smallest absolute Gasteiger partial charge is 0.493 e. The van der Waals surface area contributed by atoms with Gasteiger partial charge in [-0.3, -0.25) is 0 Å². The lowest BCUT2D eigenvalue weighted by Gasteiger charge is -2.15. The van der Waals surface area contributed by atoms with Gasteiger partial charge in [0.05, 0.1) is 6.61 Å². The van der Waals surface area contributed by atoms with Gasteiger partial charge in [0.1, 0.15) is 5.75 Å². The average molecular weight is 215 g/mol. The Balaban J connectivity index is 2.04. The summed E-state index contributed by atoms with van der Waals surface area (Å²) in [7, 11) is 0. The predicted molar refractivity (Wildman–Crippen MR) is 53.4 cm³/mol. The average Bonchev–Trinajstić information content (AvgIpc) is 2.97. The van der Waals surface area contributed by atoms with Crippen LogP contribution in [0, 0.1) is 5.92 Å². The Morgan fingerprint density at radius 1 is 1.27 bits per heavy atom. The Kier molecular flexibility index (Phi) is 2.63. The summed E-state index contributed by atoms with van der Waals surface area (Å²) in [4.78, 5) is 0. The molecule has 1 fully saturated rings. The summed E-state index contributed by atoms with van der Waals surface area (Å²) in [5, 5.41) is 0. The number of hydrogen-bond donors (Lipinski definition) is 0. The normalized spacial score (nSPS) is 16.5. The van der Waals surface area contributed by atoms with Crippen LogP contribution in [0.4, 0.5) is 12.9 Å². The lowest BCUT2D eigenvalue weighted by Crippen LogP contribution is -2.33. The van der Waals surface area contributed by atoms with Crippen LogP contribution in [0.1, 0.15) is 12.8 Å². The molecule has 0 unspecified atom stereocenters. The molecule has 5 heteroatoms. The lowest BCUT2D eigenvalue weighted by molar-refractivity contribution is 0.300. The molecule has 82 valence electrons. The van der Waals surface area contributed by atoms with Gasteiger partial charge in [-0.2, -0.15) is 0 Å². The summed E-state index contributed by atoms with van der Waals surface area (Å²) in [6.45, 7) is -4.38. The molecule has 1 aromatic carbocycles. The summed E-state index contributed by atoms with van der Waals surface area (Å²) in [5.74, 6) is 0.864. The fourth-order valence-corrected chi connectivity index (χ4v) is 1.31. The fraction of sp³-hybridized carbons (Fsp3) is 0.400. The Morgan fingerprint density at radius 3 is 2.60 bits per heavy atom. The zero-order valence-corrected chi connectivity index (χ0v) is 8.13. The van der Waals surface area contributed by atoms with E-state index in [1.807, 2.05) is 0 Å². The van der Waals surface area contributed by atoms with Crippen molar-refractivity contribution in [3.63, 3.8) is 0 Å². The summed E-state index contributed by atoms with van der Waals surface area (Å²) in [6.07, 6.45) is 2.26. The number of benzene rings is 1. The molecule has 0 aliphatic heterocycles. The second kappa shape index (κ2) is 3.79. The highest BCUT2D eigenvalue weighted by Crippen LogP contribution is 2.29. The molecular weight excluding hydrogens is 204 g/mol. The van der Waals surface area contributed by atoms with Crippen molar-refractivity contribution in [2.75, 3.05) is 6.61 Å². The predicted octanol–water partition coefficient (Wildman–Crippen LogP) is 2.53. The molecule has 0 amide bonds. The van der Waals surface area contributed by atoms with Crippen LogP contribution >= 0.6 is 0 Å². The van der Waals surface area contributed by atoms with E-state index < -0.39 is 12.4 Å². The minimum Gasteiger partial charge on any atom is -0.493 e. The van der Waals surface area contributed by atoms with E-state index in [0.29, 0.717) is 18.3 Å². The van der Waals surface area contributed by atoms with Crippen LogP contribution < -0.4 is 10.2 Å². The number of halogens is 3. The van der Waals surface area contributed by atoms with Crippen molar-refractivity contribution in [1.29, 1.82) is 0 Å². The maximum Gasteiger partial charge on any atom is 0.509 e. The quantitative estimate of drug-likeness (QED) is 0.701. The molecule has 0 heterocycles. The monoisotopic (exact) mass is 215 g/mol. The van der Waals surface area contributed by atoms with E-state index in [1.54, 1.807) is 6.07 Å². The first-order valence-corrected chi connectivity index (χ1v) is 4.98. The standard InChI is InChI=1S/C10H11BF3O/c12-11(13,14)9-2-1-3-10(6-9)15-7-8-4-5-8/h1-3,6,8H,4-5,7H2/q-1. The number of ether oxygens (including phenoxy) is 1. The van der Waals surface area contributed by atoms with Gasteiger partial charge in [0.25, 0.3) is 0 Å². The summed E-state index contributed by atoms with van der Waals surface area (Å²) in [5.41, 5.74) is -0.594. The van der Waals surface area contributed by atoms with Crippen molar-refractivity contribution in [2.24, 2.45) is 5.92 Å². The minimum absolute atomic E-state index is 0.318. The van der Waals surface area contributed by atoms with Gasteiger partial charge in [-0.05, 0) is 30.9 Å². The highest BCUT2D eigenvalue weighted by molar-refractivity contribution is 6.73. The van der Waals surface area contributed by atoms with Crippen molar-refractivity contribution in [1.82, 2.24) is 0 Å². The van der Waals surface area contributed by atoms with Gasteiger partial charge >= 0.3 is 6.98 Å². The highest BCUT2D eigenvalue weighted by atomic mass is 19.4. The molecule has 0 radical (unpaired) electrons. The molecule has 0 atom stereocenters. The lowest BCUT2D eigenvalue weighted by atomic mass is 9.80. The van der Waals surface area contributed by atoms with Crippen molar-refractivity contribution >= 4 is 12.4 Å². The molecule has 0 spiro atoms. The van der Waals surface area contributed by atoms with Crippen LogP contribution in [0.15, 0.2) is 24.3 Å². The topological polar surface area (TPSA) is 9.23 Å². The molecule has 0 N–H and O–H groups in total. The van der Waals surface area contributed by atoms with Crippen LogP contribution in [-0.4, -0.2) is 13.6 Å². The van der Waals surface area contributed by atoms with Crippen LogP contribution in [0.25, 0.3) is 0 Å². The molecule has 1 aromatic rings. The fourth-order valence-electron chi connectivity index (χ4n) is 1.31. The van der Waals surface area contributed by atoms with Crippen LogP contribution in [0.5, 0.6) is 5.75 Å². The first-order chi connectivity index (χ1) is 7.05. The first-order valence-electron chi connectivity index (χ1n) is 4.98. The van der Waals surface area contributed by atoms with Crippen molar-refractivity contribution in [3.05, 3.63) is 24.3 Å². The second-order valence-electron chi connectivity index (χ2n) is 3.90. The number of hydrogen-bond acceptors (Lipinski definition) is 1. The Bertz CT molecular complexity index is 347. The van der Waals surface area contributed by atoms with E-state index in [-0.39, 0.29) is 0 Å². The summed E-state index contributed by atoms with van der Waals surface area (Å²) >= 11 is 0. The van der Waals surface area contributed by atoms with Crippen LogP contribution in [0.3, 0.4) is 0 Å². The van der Waals surface area contributed by atoms with Gasteiger partial charge < -0.3 is 17.7 Å². The zero-order valence-electron chi connectivity index (χ0n) is 8.13. The molecule has 2 rings (SSSR count).